The van der Waals surface area contributed by atoms with Gasteiger partial charge in [-0.1, -0.05) is 25.4 Å². The highest BCUT2D eigenvalue weighted by Crippen LogP contribution is 2.48. The lowest BCUT2D eigenvalue weighted by atomic mass is 9.65. The highest BCUT2D eigenvalue weighted by atomic mass is 35.5. The SMILES string of the molecule is CC1(C)CCC(CNC2CC2)C(c2cc(F)ccc2Cl)C1. The van der Waals surface area contributed by atoms with E-state index in [-0.39, 0.29) is 5.82 Å². The zero-order valence-electron chi connectivity index (χ0n) is 13.0. The van der Waals surface area contributed by atoms with Crippen LogP contribution in [0, 0.1) is 17.2 Å². The predicted molar refractivity (Wildman–Crippen MR) is 86.3 cm³/mol. The Balaban J connectivity index is 1.82. The van der Waals surface area contributed by atoms with Crippen molar-refractivity contribution in [2.24, 2.45) is 11.3 Å². The molecule has 0 aromatic heterocycles. The summed E-state index contributed by atoms with van der Waals surface area (Å²) in [6.45, 7) is 5.67. The van der Waals surface area contributed by atoms with Crippen LogP contribution < -0.4 is 5.32 Å². The Kier molecular flexibility index (Phi) is 4.29. The first-order chi connectivity index (χ1) is 9.94. The van der Waals surface area contributed by atoms with Gasteiger partial charge in [0.1, 0.15) is 5.82 Å². The zero-order valence-corrected chi connectivity index (χ0v) is 13.7. The van der Waals surface area contributed by atoms with Gasteiger partial charge in [0.15, 0.2) is 0 Å². The lowest BCUT2D eigenvalue weighted by Gasteiger charge is -2.41. The van der Waals surface area contributed by atoms with E-state index in [1.807, 2.05) is 0 Å². The lowest BCUT2D eigenvalue weighted by Crippen LogP contribution is -2.35. The fourth-order valence-electron chi connectivity index (χ4n) is 3.65. The Bertz CT molecular complexity index is 508. The molecule has 1 aromatic carbocycles. The van der Waals surface area contributed by atoms with Gasteiger partial charge in [0.2, 0.25) is 0 Å². The molecule has 21 heavy (non-hydrogen) atoms. The van der Waals surface area contributed by atoms with E-state index in [1.165, 1.54) is 31.7 Å². The number of rotatable bonds is 4. The Morgan fingerprint density at radius 1 is 1.29 bits per heavy atom. The van der Waals surface area contributed by atoms with E-state index >= 15 is 0 Å². The molecule has 0 saturated heterocycles. The third kappa shape index (κ3) is 3.78. The molecule has 2 aliphatic rings. The van der Waals surface area contributed by atoms with Gasteiger partial charge in [0, 0.05) is 11.1 Å². The number of hydrogen-bond donors (Lipinski definition) is 1. The van der Waals surface area contributed by atoms with Crippen LogP contribution in [0.5, 0.6) is 0 Å². The van der Waals surface area contributed by atoms with Gasteiger partial charge in [0.05, 0.1) is 0 Å². The minimum absolute atomic E-state index is 0.174. The summed E-state index contributed by atoms with van der Waals surface area (Å²) < 4.78 is 13.7. The van der Waals surface area contributed by atoms with Crippen molar-refractivity contribution in [3.63, 3.8) is 0 Å². The van der Waals surface area contributed by atoms with Crippen molar-refractivity contribution < 1.29 is 4.39 Å². The predicted octanol–water partition coefficient (Wildman–Crippen LogP) is 5.14. The van der Waals surface area contributed by atoms with Crippen LogP contribution in [-0.4, -0.2) is 12.6 Å². The molecule has 2 fully saturated rings. The molecule has 3 rings (SSSR count). The fraction of sp³-hybridized carbons (Fsp3) is 0.667. The molecule has 0 heterocycles. The zero-order chi connectivity index (χ0) is 15.0. The van der Waals surface area contributed by atoms with E-state index in [4.69, 9.17) is 11.6 Å². The minimum atomic E-state index is -0.174. The molecule has 1 nitrogen and oxygen atoms in total. The Morgan fingerprint density at radius 2 is 2.05 bits per heavy atom. The highest BCUT2D eigenvalue weighted by molar-refractivity contribution is 6.31. The highest BCUT2D eigenvalue weighted by Gasteiger charge is 2.37. The molecule has 1 N–H and O–H groups in total. The summed E-state index contributed by atoms with van der Waals surface area (Å²) in [5.74, 6) is 0.757. The van der Waals surface area contributed by atoms with Crippen molar-refractivity contribution in [2.75, 3.05) is 6.54 Å². The van der Waals surface area contributed by atoms with Crippen molar-refractivity contribution in [3.05, 3.63) is 34.6 Å². The molecular formula is C18H25ClFN. The minimum Gasteiger partial charge on any atom is -0.314 e. The van der Waals surface area contributed by atoms with Crippen molar-refractivity contribution in [1.82, 2.24) is 5.32 Å². The van der Waals surface area contributed by atoms with E-state index < -0.39 is 0 Å². The summed E-state index contributed by atoms with van der Waals surface area (Å²) in [7, 11) is 0. The molecule has 2 unspecified atom stereocenters. The average molecular weight is 310 g/mol. The van der Waals surface area contributed by atoms with Crippen molar-refractivity contribution >= 4 is 11.6 Å². The molecule has 2 saturated carbocycles. The summed E-state index contributed by atoms with van der Waals surface area (Å²) in [5.41, 5.74) is 1.32. The molecular weight excluding hydrogens is 285 g/mol. The van der Waals surface area contributed by atoms with Crippen LogP contribution >= 0.6 is 11.6 Å². The molecule has 116 valence electrons. The van der Waals surface area contributed by atoms with Crippen LogP contribution in [0.15, 0.2) is 18.2 Å². The topological polar surface area (TPSA) is 12.0 Å². The molecule has 1 aromatic rings. The third-order valence-corrected chi connectivity index (χ3v) is 5.48. The standard InChI is InChI=1S/C18H25ClFN/c1-18(2)8-7-12(11-21-14-4-5-14)16(10-18)15-9-13(20)3-6-17(15)19/h3,6,9,12,14,16,21H,4-5,7-8,10-11H2,1-2H3. The van der Waals surface area contributed by atoms with Gasteiger partial charge >= 0.3 is 0 Å². The van der Waals surface area contributed by atoms with Crippen LogP contribution in [0.4, 0.5) is 4.39 Å². The second kappa shape index (κ2) is 5.89. The second-order valence-corrected chi connectivity index (χ2v) is 8.03. The lowest BCUT2D eigenvalue weighted by molar-refractivity contribution is 0.159. The van der Waals surface area contributed by atoms with E-state index in [0.29, 0.717) is 17.3 Å². The van der Waals surface area contributed by atoms with Gasteiger partial charge in [-0.3, -0.25) is 0 Å². The monoisotopic (exact) mass is 309 g/mol. The molecule has 3 heteroatoms. The van der Waals surface area contributed by atoms with Crippen LogP contribution in [0.3, 0.4) is 0 Å². The Hall–Kier alpha value is -0.600. The Morgan fingerprint density at radius 3 is 2.76 bits per heavy atom. The van der Waals surface area contributed by atoms with Gasteiger partial charge in [-0.05, 0) is 79.7 Å². The number of nitrogens with one attached hydrogen (secondary N) is 1. The van der Waals surface area contributed by atoms with Crippen LogP contribution in [0.25, 0.3) is 0 Å². The summed E-state index contributed by atoms with van der Waals surface area (Å²) in [4.78, 5) is 0. The molecule has 0 radical (unpaired) electrons. The van der Waals surface area contributed by atoms with Crippen LogP contribution in [-0.2, 0) is 0 Å². The normalized spacial score (nSPS) is 28.6. The van der Waals surface area contributed by atoms with Crippen LogP contribution in [0.2, 0.25) is 5.02 Å². The largest absolute Gasteiger partial charge is 0.314 e. The molecule has 2 atom stereocenters. The van der Waals surface area contributed by atoms with Gasteiger partial charge in [-0.15, -0.1) is 0 Å². The third-order valence-electron chi connectivity index (χ3n) is 5.14. The van der Waals surface area contributed by atoms with Gasteiger partial charge < -0.3 is 5.32 Å². The maximum Gasteiger partial charge on any atom is 0.123 e. The first-order valence-corrected chi connectivity index (χ1v) is 8.51. The average Bonchev–Trinajstić information content (AvgIpc) is 3.23. The smallest absolute Gasteiger partial charge is 0.123 e. The van der Waals surface area contributed by atoms with Crippen molar-refractivity contribution in [1.29, 1.82) is 0 Å². The summed E-state index contributed by atoms with van der Waals surface area (Å²) >= 11 is 6.38. The maximum atomic E-state index is 13.7. The fourth-order valence-corrected chi connectivity index (χ4v) is 3.91. The van der Waals surface area contributed by atoms with E-state index in [1.54, 1.807) is 12.1 Å². The molecule has 2 aliphatic carbocycles. The van der Waals surface area contributed by atoms with Crippen molar-refractivity contribution in [2.45, 2.75) is 57.9 Å². The summed E-state index contributed by atoms with van der Waals surface area (Å²) in [6, 6.07) is 5.54. The van der Waals surface area contributed by atoms with Crippen molar-refractivity contribution in [3.8, 4) is 0 Å². The first kappa shape index (κ1) is 15.3. The second-order valence-electron chi connectivity index (χ2n) is 7.62. The summed E-state index contributed by atoms with van der Waals surface area (Å²) in [6.07, 6.45) is 6.15. The number of halogens is 2. The van der Waals surface area contributed by atoms with E-state index in [2.05, 4.69) is 19.2 Å². The quantitative estimate of drug-likeness (QED) is 0.812. The van der Waals surface area contributed by atoms with Gasteiger partial charge in [-0.25, -0.2) is 4.39 Å². The van der Waals surface area contributed by atoms with Gasteiger partial charge in [-0.2, -0.15) is 0 Å². The van der Waals surface area contributed by atoms with Crippen LogP contribution in [0.1, 0.15) is 57.4 Å². The van der Waals surface area contributed by atoms with Gasteiger partial charge in [0.25, 0.3) is 0 Å². The summed E-state index contributed by atoms with van der Waals surface area (Å²) in [5, 5.41) is 4.37. The van der Waals surface area contributed by atoms with E-state index in [9.17, 15) is 4.39 Å². The van der Waals surface area contributed by atoms with E-state index in [0.717, 1.165) is 29.6 Å². The maximum absolute atomic E-state index is 13.7. The Labute approximate surface area is 132 Å². The molecule has 0 bridgehead atoms. The molecule has 0 amide bonds. The molecule has 0 spiro atoms. The first-order valence-electron chi connectivity index (χ1n) is 8.13. The number of hydrogen-bond acceptors (Lipinski definition) is 1. The number of benzene rings is 1. The molecule has 0 aliphatic heterocycles.